The smallest absolute Gasteiger partial charge is 0.316 e. The molecule has 0 saturated heterocycles. The van der Waals surface area contributed by atoms with E-state index in [0.717, 1.165) is 11.8 Å². The largest absolute Gasteiger partial charge is 0.480 e. The minimum absolute atomic E-state index is 0.164. The van der Waals surface area contributed by atoms with Crippen molar-refractivity contribution in [1.82, 2.24) is 4.90 Å². The maximum absolute atomic E-state index is 11.8. The lowest BCUT2D eigenvalue weighted by molar-refractivity contribution is -0.387. The Hall–Kier alpha value is -2.09. The number of carbonyl (C=O) groups excluding carboxylic acids is 1. The van der Waals surface area contributed by atoms with Crippen LogP contribution in [0.15, 0.2) is 23.1 Å². The van der Waals surface area contributed by atoms with Gasteiger partial charge in [0.25, 0.3) is 11.6 Å². The number of carboxylic acids is 1. The minimum Gasteiger partial charge on any atom is -0.480 e. The average molecular weight is 298 g/mol. The number of carboxylic acid groups (broad SMARTS) is 1. The molecule has 108 valence electrons. The molecule has 7 nitrogen and oxygen atoms in total. The van der Waals surface area contributed by atoms with Crippen molar-refractivity contribution in [1.29, 1.82) is 0 Å². The Morgan fingerprint density at radius 1 is 1.40 bits per heavy atom. The fourth-order valence-corrected chi connectivity index (χ4v) is 2.33. The average Bonchev–Trinajstić information content (AvgIpc) is 2.37. The van der Waals surface area contributed by atoms with E-state index in [1.165, 1.54) is 30.0 Å². The predicted molar refractivity (Wildman–Crippen MR) is 74.1 cm³/mol. The van der Waals surface area contributed by atoms with E-state index in [-0.39, 0.29) is 22.1 Å². The summed E-state index contributed by atoms with van der Waals surface area (Å²) in [6.07, 6.45) is 0. The Kier molecular flexibility index (Phi) is 5.09. The van der Waals surface area contributed by atoms with Crippen LogP contribution in [0.25, 0.3) is 0 Å². The first-order chi connectivity index (χ1) is 9.23. The number of benzene rings is 1. The first kappa shape index (κ1) is 16.0. The molecule has 0 radical (unpaired) electrons. The number of amides is 1. The molecule has 8 heteroatoms. The van der Waals surface area contributed by atoms with E-state index in [0.29, 0.717) is 0 Å². The van der Waals surface area contributed by atoms with Gasteiger partial charge >= 0.3 is 5.97 Å². The number of aliphatic carboxylic acids is 1. The molecule has 1 aromatic rings. The third-order valence-corrected chi connectivity index (χ3v) is 3.60. The Balaban J connectivity index is 3.22. The van der Waals surface area contributed by atoms with Crippen LogP contribution in [0.1, 0.15) is 17.3 Å². The van der Waals surface area contributed by atoms with Crippen LogP contribution in [0.2, 0.25) is 0 Å². The zero-order chi connectivity index (χ0) is 15.4. The van der Waals surface area contributed by atoms with Crippen LogP contribution in [-0.4, -0.2) is 46.2 Å². The van der Waals surface area contributed by atoms with Gasteiger partial charge in [0.15, 0.2) is 0 Å². The summed E-state index contributed by atoms with van der Waals surface area (Å²) in [5.74, 6) is -1.38. The van der Waals surface area contributed by atoms with Gasteiger partial charge in [-0.25, -0.2) is 0 Å². The number of carbonyl (C=O) groups is 2. The fourth-order valence-electron chi connectivity index (χ4n) is 1.39. The summed E-state index contributed by atoms with van der Waals surface area (Å²) in [4.78, 5) is 34.5. The third-order valence-electron chi connectivity index (χ3n) is 2.46. The lowest BCUT2D eigenvalue weighted by Gasteiger charge is -2.12. The molecule has 0 aliphatic rings. The summed E-state index contributed by atoms with van der Waals surface area (Å²) in [6.45, 7) is 1.43. The molecule has 1 N–H and O–H groups in total. The molecule has 0 heterocycles. The molecule has 0 saturated carbocycles. The van der Waals surface area contributed by atoms with E-state index >= 15 is 0 Å². The highest BCUT2D eigenvalue weighted by atomic mass is 32.2. The van der Waals surface area contributed by atoms with Crippen LogP contribution < -0.4 is 0 Å². The first-order valence-corrected chi connectivity index (χ1v) is 6.51. The number of nitrogens with zero attached hydrogens (tertiary/aromatic N) is 2. The third kappa shape index (κ3) is 3.70. The molecule has 0 fully saturated rings. The van der Waals surface area contributed by atoms with Gasteiger partial charge in [0.1, 0.15) is 5.25 Å². The summed E-state index contributed by atoms with van der Waals surface area (Å²) in [5, 5.41) is 19.0. The molecular weight excluding hydrogens is 284 g/mol. The van der Waals surface area contributed by atoms with E-state index < -0.39 is 16.1 Å². The molecule has 1 aromatic carbocycles. The van der Waals surface area contributed by atoms with Gasteiger partial charge in [-0.2, -0.15) is 0 Å². The highest BCUT2D eigenvalue weighted by molar-refractivity contribution is 8.00. The number of nitro groups is 1. The van der Waals surface area contributed by atoms with Crippen LogP contribution in [0.5, 0.6) is 0 Å². The Bertz CT molecular complexity index is 559. The van der Waals surface area contributed by atoms with Gasteiger partial charge in [-0.05, 0) is 19.1 Å². The quantitative estimate of drug-likeness (QED) is 0.506. The van der Waals surface area contributed by atoms with Crippen molar-refractivity contribution < 1.29 is 19.6 Å². The summed E-state index contributed by atoms with van der Waals surface area (Å²) < 4.78 is 0. The molecule has 1 rings (SSSR count). The van der Waals surface area contributed by atoms with E-state index in [1.807, 2.05) is 0 Å². The van der Waals surface area contributed by atoms with Crippen molar-refractivity contribution in [2.45, 2.75) is 17.1 Å². The van der Waals surface area contributed by atoms with Crippen LogP contribution in [0.4, 0.5) is 5.69 Å². The lowest BCUT2D eigenvalue weighted by atomic mass is 10.2. The zero-order valence-electron chi connectivity index (χ0n) is 11.2. The van der Waals surface area contributed by atoms with Gasteiger partial charge in [0.05, 0.1) is 9.82 Å². The van der Waals surface area contributed by atoms with Crippen molar-refractivity contribution >= 4 is 29.3 Å². The van der Waals surface area contributed by atoms with Gasteiger partial charge in [-0.1, -0.05) is 0 Å². The summed E-state index contributed by atoms with van der Waals surface area (Å²) in [6, 6.07) is 3.92. The maximum atomic E-state index is 11.8. The molecule has 0 aliphatic heterocycles. The molecule has 0 aliphatic carbocycles. The Labute approximate surface area is 119 Å². The van der Waals surface area contributed by atoms with E-state index in [2.05, 4.69) is 0 Å². The second kappa shape index (κ2) is 6.38. The summed E-state index contributed by atoms with van der Waals surface area (Å²) in [5.41, 5.74) is 0.0686. The van der Waals surface area contributed by atoms with Crippen molar-refractivity contribution in [3.8, 4) is 0 Å². The van der Waals surface area contributed by atoms with Crippen LogP contribution >= 0.6 is 11.8 Å². The number of hydrogen-bond acceptors (Lipinski definition) is 5. The standard InChI is InChI=1S/C12H14N2O5S/c1-7(12(16)17)20-10-6-8(11(15)13(2)3)4-5-9(10)14(18)19/h4-7H,1-3H3,(H,16,17). The number of hydrogen-bond donors (Lipinski definition) is 1. The Morgan fingerprint density at radius 2 is 2.00 bits per heavy atom. The van der Waals surface area contributed by atoms with Crippen molar-refractivity contribution in [3.05, 3.63) is 33.9 Å². The van der Waals surface area contributed by atoms with Crippen molar-refractivity contribution in [3.63, 3.8) is 0 Å². The predicted octanol–water partition coefficient (Wildman–Crippen LogP) is 1.86. The van der Waals surface area contributed by atoms with Crippen LogP contribution in [-0.2, 0) is 4.79 Å². The monoisotopic (exact) mass is 298 g/mol. The molecule has 20 heavy (non-hydrogen) atoms. The van der Waals surface area contributed by atoms with Gasteiger partial charge in [0.2, 0.25) is 0 Å². The second-order valence-corrected chi connectivity index (χ2v) is 5.62. The molecule has 0 aromatic heterocycles. The molecule has 1 atom stereocenters. The summed E-state index contributed by atoms with van der Waals surface area (Å²) in [7, 11) is 3.13. The fraction of sp³-hybridized carbons (Fsp3) is 0.333. The van der Waals surface area contributed by atoms with Gasteiger partial charge < -0.3 is 10.0 Å². The maximum Gasteiger partial charge on any atom is 0.316 e. The molecular formula is C12H14N2O5S. The molecule has 1 unspecified atom stereocenters. The van der Waals surface area contributed by atoms with Crippen LogP contribution in [0, 0.1) is 10.1 Å². The molecule has 1 amide bonds. The van der Waals surface area contributed by atoms with E-state index in [4.69, 9.17) is 5.11 Å². The number of rotatable bonds is 5. The highest BCUT2D eigenvalue weighted by Crippen LogP contribution is 2.33. The number of nitro benzene ring substituents is 1. The van der Waals surface area contributed by atoms with E-state index in [9.17, 15) is 19.7 Å². The van der Waals surface area contributed by atoms with E-state index in [1.54, 1.807) is 14.1 Å². The van der Waals surface area contributed by atoms with Gasteiger partial charge in [-0.15, -0.1) is 11.8 Å². The zero-order valence-corrected chi connectivity index (χ0v) is 12.0. The van der Waals surface area contributed by atoms with Crippen molar-refractivity contribution in [2.24, 2.45) is 0 Å². The van der Waals surface area contributed by atoms with Gasteiger partial charge in [0, 0.05) is 25.7 Å². The highest BCUT2D eigenvalue weighted by Gasteiger charge is 2.22. The minimum atomic E-state index is -1.08. The Morgan fingerprint density at radius 3 is 2.45 bits per heavy atom. The normalized spacial score (nSPS) is 11.8. The molecule has 0 spiro atoms. The van der Waals surface area contributed by atoms with Gasteiger partial charge in [-0.3, -0.25) is 19.7 Å². The number of thioether (sulfide) groups is 1. The SMILES string of the molecule is CC(Sc1cc(C(=O)N(C)C)ccc1[N+](=O)[O-])C(=O)O. The first-order valence-electron chi connectivity index (χ1n) is 5.63. The van der Waals surface area contributed by atoms with Crippen molar-refractivity contribution in [2.75, 3.05) is 14.1 Å². The molecule has 0 bridgehead atoms. The lowest BCUT2D eigenvalue weighted by Crippen LogP contribution is -2.21. The van der Waals surface area contributed by atoms with Crippen LogP contribution in [0.3, 0.4) is 0 Å². The second-order valence-electron chi connectivity index (χ2n) is 4.24. The topological polar surface area (TPSA) is 101 Å². The summed E-state index contributed by atoms with van der Waals surface area (Å²) >= 11 is 0.838.